The molecule has 43 heavy (non-hydrogen) atoms. The molecule has 3 aromatic carbocycles. The number of hydrogen-bond acceptors (Lipinski definition) is 4. The lowest BCUT2D eigenvalue weighted by Crippen LogP contribution is -2.42. The fourth-order valence-electron chi connectivity index (χ4n) is 5.93. The lowest BCUT2D eigenvalue weighted by atomic mass is 9.69. The third-order valence-corrected chi connectivity index (χ3v) is 10.4. The number of para-hydroxylation sites is 1. The Morgan fingerprint density at radius 2 is 1.65 bits per heavy atom. The summed E-state index contributed by atoms with van der Waals surface area (Å²) in [7, 11) is -2.52. The van der Waals surface area contributed by atoms with Gasteiger partial charge in [-0.2, -0.15) is 0 Å². The molecule has 5 rings (SSSR count). The number of carbonyl (C=O) groups excluding carboxylic acids is 1. The number of aryl methyl sites for hydroxylation is 1. The van der Waals surface area contributed by atoms with Gasteiger partial charge in [0.25, 0.3) is 21.5 Å². The van der Waals surface area contributed by atoms with E-state index in [1.54, 1.807) is 62.0 Å². The van der Waals surface area contributed by atoms with E-state index in [0.717, 1.165) is 37.7 Å². The van der Waals surface area contributed by atoms with Crippen LogP contribution in [0.25, 0.3) is 5.69 Å². The second kappa shape index (κ2) is 12.2. The number of rotatable bonds is 8. The third-order valence-electron chi connectivity index (χ3n) is 8.46. The highest BCUT2D eigenvalue weighted by atomic mass is 35.5. The predicted molar refractivity (Wildman–Crippen MR) is 171 cm³/mol. The van der Waals surface area contributed by atoms with Gasteiger partial charge in [-0.15, -0.1) is 0 Å². The Bertz CT molecular complexity index is 1840. The van der Waals surface area contributed by atoms with Gasteiger partial charge in [0.2, 0.25) is 0 Å². The molecular weight excluding hydrogens is 607 g/mol. The van der Waals surface area contributed by atoms with Crippen LogP contribution in [0.15, 0.2) is 76.4 Å². The molecular formula is C32H34Cl2N4O4S. The molecule has 4 aromatic rings. The van der Waals surface area contributed by atoms with Crippen LogP contribution in [0, 0.1) is 13.8 Å². The molecule has 1 aliphatic carbocycles. The lowest BCUT2D eigenvalue weighted by Gasteiger charge is -2.38. The van der Waals surface area contributed by atoms with Gasteiger partial charge < -0.3 is 5.32 Å². The Kier molecular flexibility index (Phi) is 8.79. The van der Waals surface area contributed by atoms with E-state index < -0.39 is 15.6 Å². The molecule has 1 aromatic heterocycles. The first-order chi connectivity index (χ1) is 20.4. The Morgan fingerprint density at radius 3 is 2.33 bits per heavy atom. The third kappa shape index (κ3) is 6.12. The van der Waals surface area contributed by atoms with Crippen LogP contribution in [0.2, 0.25) is 10.0 Å². The summed E-state index contributed by atoms with van der Waals surface area (Å²) in [5.74, 6) is -0.382. The minimum Gasteiger partial charge on any atom is -0.351 e. The predicted octanol–water partition coefficient (Wildman–Crippen LogP) is 6.53. The fourth-order valence-corrected chi connectivity index (χ4v) is 7.68. The maximum atomic E-state index is 13.5. The SMILES string of the molecule is Cc1ccc(S(=O)(=O)Nc2c(C)n(C)n(-c3ccccc3)c2=O)cc1C(=O)NCC1(c2ccc(Cl)cc2Cl)CCCCC1. The molecule has 8 nitrogen and oxygen atoms in total. The fraction of sp³-hybridized carbons (Fsp3) is 0.312. The van der Waals surface area contributed by atoms with E-state index in [9.17, 15) is 18.0 Å². The lowest BCUT2D eigenvalue weighted by molar-refractivity contribution is 0.0935. The largest absolute Gasteiger partial charge is 0.351 e. The number of hydrogen-bond donors (Lipinski definition) is 2. The highest BCUT2D eigenvalue weighted by Gasteiger charge is 2.36. The highest BCUT2D eigenvalue weighted by Crippen LogP contribution is 2.42. The summed E-state index contributed by atoms with van der Waals surface area (Å²) in [6.45, 7) is 3.77. The maximum absolute atomic E-state index is 13.5. The van der Waals surface area contributed by atoms with Gasteiger partial charge in [-0.25, -0.2) is 13.1 Å². The summed E-state index contributed by atoms with van der Waals surface area (Å²) in [4.78, 5) is 26.7. The van der Waals surface area contributed by atoms with Gasteiger partial charge >= 0.3 is 0 Å². The summed E-state index contributed by atoms with van der Waals surface area (Å²) in [6, 6.07) is 18.8. The summed E-state index contributed by atoms with van der Waals surface area (Å²) in [6.07, 6.45) is 4.87. The van der Waals surface area contributed by atoms with Gasteiger partial charge in [0.15, 0.2) is 0 Å². The van der Waals surface area contributed by atoms with Crippen molar-refractivity contribution in [1.29, 1.82) is 0 Å². The van der Waals surface area contributed by atoms with Crippen molar-refractivity contribution in [3.8, 4) is 5.69 Å². The number of benzene rings is 3. The Labute approximate surface area is 261 Å². The first-order valence-electron chi connectivity index (χ1n) is 14.1. The molecule has 1 amide bonds. The molecule has 0 spiro atoms. The minimum absolute atomic E-state index is 0.0583. The van der Waals surface area contributed by atoms with Crippen LogP contribution in [-0.2, 0) is 22.5 Å². The molecule has 0 aliphatic heterocycles. The van der Waals surface area contributed by atoms with Gasteiger partial charge in [-0.3, -0.25) is 19.0 Å². The Morgan fingerprint density at radius 1 is 0.953 bits per heavy atom. The summed E-state index contributed by atoms with van der Waals surface area (Å²) >= 11 is 12.8. The van der Waals surface area contributed by atoms with Crippen molar-refractivity contribution in [3.63, 3.8) is 0 Å². The molecule has 2 N–H and O–H groups in total. The molecule has 226 valence electrons. The topological polar surface area (TPSA) is 102 Å². The van der Waals surface area contributed by atoms with E-state index in [2.05, 4.69) is 10.0 Å². The average Bonchev–Trinajstić information content (AvgIpc) is 3.19. The number of carbonyl (C=O) groups is 1. The van der Waals surface area contributed by atoms with E-state index >= 15 is 0 Å². The van der Waals surface area contributed by atoms with Gasteiger partial charge in [-0.05, 0) is 74.2 Å². The van der Waals surface area contributed by atoms with E-state index in [-0.39, 0.29) is 27.5 Å². The Hall–Kier alpha value is -3.53. The minimum atomic E-state index is -4.20. The normalized spacial score (nSPS) is 14.8. The number of anilines is 1. The number of nitrogens with one attached hydrogen (secondary N) is 2. The second-order valence-electron chi connectivity index (χ2n) is 11.2. The number of halogens is 2. The van der Waals surface area contributed by atoms with Crippen LogP contribution in [-0.4, -0.2) is 30.2 Å². The van der Waals surface area contributed by atoms with Crippen LogP contribution in [0.4, 0.5) is 5.69 Å². The van der Waals surface area contributed by atoms with Crippen LogP contribution in [0.5, 0.6) is 0 Å². The maximum Gasteiger partial charge on any atom is 0.296 e. The molecule has 1 aliphatic rings. The van der Waals surface area contributed by atoms with Crippen molar-refractivity contribution in [1.82, 2.24) is 14.7 Å². The van der Waals surface area contributed by atoms with Crippen molar-refractivity contribution in [2.24, 2.45) is 7.05 Å². The molecule has 1 heterocycles. The average molecular weight is 642 g/mol. The summed E-state index contributed by atoms with van der Waals surface area (Å²) in [5, 5.41) is 4.19. The van der Waals surface area contributed by atoms with Crippen LogP contribution in [0.3, 0.4) is 0 Å². The van der Waals surface area contributed by atoms with E-state index in [0.29, 0.717) is 33.5 Å². The number of aromatic nitrogens is 2. The molecule has 0 bridgehead atoms. The quantitative estimate of drug-likeness (QED) is 0.228. The van der Waals surface area contributed by atoms with E-state index in [4.69, 9.17) is 23.2 Å². The molecule has 11 heteroatoms. The molecule has 1 saturated carbocycles. The molecule has 0 radical (unpaired) electrons. The summed E-state index contributed by atoms with van der Waals surface area (Å²) < 4.78 is 32.5. The van der Waals surface area contributed by atoms with Crippen molar-refractivity contribution >= 4 is 44.8 Å². The molecule has 1 fully saturated rings. The zero-order chi connectivity index (χ0) is 30.9. The smallest absolute Gasteiger partial charge is 0.296 e. The van der Waals surface area contributed by atoms with Gasteiger partial charge in [0, 0.05) is 34.6 Å². The standard InChI is InChI=1S/C32H34Cl2N4O4S/c1-21-12-14-25(43(41,42)36-29-22(2)37(3)38(31(29)40)24-10-6-4-7-11-24)19-26(21)30(39)35-20-32(16-8-5-9-17-32)27-15-13-23(33)18-28(27)34/h4,6-7,10-15,18-19,36H,5,8-9,16-17,20H2,1-3H3,(H,35,39). The Balaban J connectivity index is 1.41. The molecule has 0 atom stereocenters. The monoisotopic (exact) mass is 640 g/mol. The molecule has 0 saturated heterocycles. The number of amides is 1. The van der Waals surface area contributed by atoms with Crippen molar-refractivity contribution in [3.05, 3.63) is 110 Å². The van der Waals surface area contributed by atoms with E-state index in [1.165, 1.54) is 16.8 Å². The highest BCUT2D eigenvalue weighted by molar-refractivity contribution is 7.92. The molecule has 0 unspecified atom stereocenters. The van der Waals surface area contributed by atoms with Gasteiger partial charge in [0.05, 0.1) is 16.3 Å². The van der Waals surface area contributed by atoms with Crippen molar-refractivity contribution in [2.75, 3.05) is 11.3 Å². The second-order valence-corrected chi connectivity index (χ2v) is 13.7. The first kappa shape index (κ1) is 30.9. The van der Waals surface area contributed by atoms with Crippen LogP contribution < -0.4 is 15.6 Å². The summed E-state index contributed by atoms with van der Waals surface area (Å²) in [5.41, 5.74) is 1.96. The van der Waals surface area contributed by atoms with Crippen molar-refractivity contribution < 1.29 is 13.2 Å². The van der Waals surface area contributed by atoms with Crippen LogP contribution in [0.1, 0.15) is 59.3 Å². The zero-order valence-electron chi connectivity index (χ0n) is 24.3. The van der Waals surface area contributed by atoms with Crippen molar-refractivity contribution in [2.45, 2.75) is 56.3 Å². The zero-order valence-corrected chi connectivity index (χ0v) is 26.6. The number of nitrogens with zero attached hydrogens (tertiary/aromatic N) is 2. The first-order valence-corrected chi connectivity index (χ1v) is 16.4. The van der Waals surface area contributed by atoms with Gasteiger partial charge in [-0.1, -0.05) is 72.8 Å². The van der Waals surface area contributed by atoms with Gasteiger partial charge in [0.1, 0.15) is 5.69 Å². The van der Waals surface area contributed by atoms with E-state index in [1.807, 2.05) is 18.2 Å². The van der Waals surface area contributed by atoms with Crippen LogP contribution >= 0.6 is 23.2 Å². The number of sulfonamides is 1.